The molecule has 1 fully saturated rings. The minimum atomic E-state index is -4.45. The highest BCUT2D eigenvalue weighted by Crippen LogP contribution is 2.19. The van der Waals surface area contributed by atoms with Crippen molar-refractivity contribution in [3.63, 3.8) is 0 Å². The van der Waals surface area contributed by atoms with E-state index in [0.29, 0.717) is 18.1 Å². The molecule has 11 heteroatoms. The summed E-state index contributed by atoms with van der Waals surface area (Å²) in [5.41, 5.74) is 0. The van der Waals surface area contributed by atoms with E-state index in [2.05, 4.69) is 0 Å². The molecule has 1 aromatic rings. The molecule has 25 heavy (non-hydrogen) atoms. The van der Waals surface area contributed by atoms with Crippen LogP contribution in [0.2, 0.25) is 5.02 Å². The molecule has 2 rings (SSSR count). The van der Waals surface area contributed by atoms with E-state index in [9.17, 15) is 26.4 Å². The van der Waals surface area contributed by atoms with E-state index in [1.54, 1.807) is 12.1 Å². The van der Waals surface area contributed by atoms with Crippen LogP contribution in [0.1, 0.15) is 0 Å². The van der Waals surface area contributed by atoms with Gasteiger partial charge in [-0.05, 0) is 18.2 Å². The van der Waals surface area contributed by atoms with Crippen LogP contribution in [0.3, 0.4) is 0 Å². The van der Waals surface area contributed by atoms with Gasteiger partial charge in [0, 0.05) is 5.02 Å². The summed E-state index contributed by atoms with van der Waals surface area (Å²) in [6.45, 7) is -0.471. The summed E-state index contributed by atoms with van der Waals surface area (Å²) >= 11 is 5.82. The second kappa shape index (κ2) is 7.90. The third kappa shape index (κ3) is 5.84. The van der Waals surface area contributed by atoms with Crippen molar-refractivity contribution in [3.05, 3.63) is 29.3 Å². The van der Waals surface area contributed by atoms with Crippen molar-refractivity contribution >= 4 is 27.5 Å². The molecule has 0 spiro atoms. The molecule has 6 nitrogen and oxygen atoms in total. The topological polar surface area (TPSA) is 70.9 Å². The number of halogens is 4. The summed E-state index contributed by atoms with van der Waals surface area (Å²) in [6.07, 6.45) is -4.45. The molecule has 0 unspecified atom stereocenters. The van der Waals surface area contributed by atoms with Crippen molar-refractivity contribution in [2.24, 2.45) is 0 Å². The van der Waals surface area contributed by atoms with Crippen molar-refractivity contribution < 1.29 is 31.3 Å². The number of hydrogen-bond acceptors (Lipinski definition) is 3. The van der Waals surface area contributed by atoms with E-state index in [-0.39, 0.29) is 24.5 Å². The van der Waals surface area contributed by atoms with Gasteiger partial charge in [0.15, 0.2) is 6.54 Å². The van der Waals surface area contributed by atoms with Crippen LogP contribution in [0, 0.1) is 0 Å². The van der Waals surface area contributed by atoms with Crippen LogP contribution in [-0.4, -0.2) is 64.1 Å². The maximum Gasteiger partial charge on any atom is 0.405 e. The lowest BCUT2D eigenvalue weighted by Crippen LogP contribution is -3.15. The Labute approximate surface area is 148 Å². The third-order valence-corrected chi connectivity index (χ3v) is 5.89. The predicted octanol–water partition coefficient (Wildman–Crippen LogP) is -0.0923. The molecule has 1 amide bonds. The number of amides is 1. The Bertz CT molecular complexity index is 720. The van der Waals surface area contributed by atoms with Gasteiger partial charge >= 0.3 is 6.18 Å². The monoisotopic (exact) mass is 400 g/mol. The van der Waals surface area contributed by atoms with Crippen LogP contribution in [0.5, 0.6) is 0 Å². The standard InChI is InChI=1S/C14H17ClF3N3O3S/c15-11-2-1-3-12(8-11)25(23,24)21-6-4-20(5-7-21)9-13(22)19-10-14(16,17)18/h1-3,8H,4-7,9-10H2,(H,19,22)/p+1. The van der Waals surface area contributed by atoms with E-state index < -0.39 is 28.7 Å². The Kier molecular flexibility index (Phi) is 6.30. The lowest BCUT2D eigenvalue weighted by molar-refractivity contribution is -0.895. The molecular formula is C14H18ClF3N3O3S+. The first-order chi connectivity index (χ1) is 11.6. The number of sulfonamides is 1. The lowest BCUT2D eigenvalue weighted by atomic mass is 10.3. The Morgan fingerprint density at radius 3 is 2.48 bits per heavy atom. The highest BCUT2D eigenvalue weighted by molar-refractivity contribution is 7.89. The minimum absolute atomic E-state index is 0.0892. The summed E-state index contributed by atoms with van der Waals surface area (Å²) in [5, 5.41) is 2.12. The molecule has 1 aliphatic heterocycles. The predicted molar refractivity (Wildman–Crippen MR) is 84.8 cm³/mol. The quantitative estimate of drug-likeness (QED) is 0.725. The van der Waals surface area contributed by atoms with Gasteiger partial charge in [0.25, 0.3) is 5.91 Å². The van der Waals surface area contributed by atoms with Gasteiger partial charge in [-0.15, -0.1) is 0 Å². The molecule has 1 saturated heterocycles. The highest BCUT2D eigenvalue weighted by atomic mass is 35.5. The van der Waals surface area contributed by atoms with Crippen molar-refractivity contribution in [1.29, 1.82) is 0 Å². The number of carbonyl (C=O) groups is 1. The molecule has 140 valence electrons. The third-order valence-electron chi connectivity index (χ3n) is 3.76. The number of nitrogens with zero attached hydrogens (tertiary/aromatic N) is 1. The number of quaternary nitrogens is 1. The molecule has 0 saturated carbocycles. The molecule has 2 N–H and O–H groups in total. The van der Waals surface area contributed by atoms with Gasteiger partial charge in [0.05, 0.1) is 31.1 Å². The van der Waals surface area contributed by atoms with Gasteiger partial charge in [-0.3, -0.25) is 4.79 Å². The van der Waals surface area contributed by atoms with Crippen molar-refractivity contribution in [1.82, 2.24) is 9.62 Å². The van der Waals surface area contributed by atoms with Crippen LogP contribution >= 0.6 is 11.6 Å². The zero-order valence-electron chi connectivity index (χ0n) is 13.1. The lowest BCUT2D eigenvalue weighted by Gasteiger charge is -2.31. The number of hydrogen-bond donors (Lipinski definition) is 2. The maximum absolute atomic E-state index is 12.5. The fourth-order valence-electron chi connectivity index (χ4n) is 2.48. The molecule has 1 aromatic carbocycles. The van der Waals surface area contributed by atoms with Crippen LogP contribution in [-0.2, 0) is 14.8 Å². The van der Waals surface area contributed by atoms with Crippen molar-refractivity contribution in [3.8, 4) is 0 Å². The normalized spacial score (nSPS) is 17.4. The molecule has 0 aromatic heterocycles. The fourth-order valence-corrected chi connectivity index (χ4v) is 4.23. The van der Waals surface area contributed by atoms with E-state index in [0.717, 1.165) is 4.90 Å². The summed E-state index contributed by atoms with van der Waals surface area (Å²) in [7, 11) is -3.68. The largest absolute Gasteiger partial charge is 0.405 e. The smallest absolute Gasteiger partial charge is 0.342 e. The number of benzene rings is 1. The van der Waals surface area contributed by atoms with Gasteiger partial charge in [0.2, 0.25) is 10.0 Å². The Morgan fingerprint density at radius 2 is 1.92 bits per heavy atom. The average Bonchev–Trinajstić information content (AvgIpc) is 2.53. The second-order valence-electron chi connectivity index (χ2n) is 5.68. The Morgan fingerprint density at radius 1 is 1.28 bits per heavy atom. The first-order valence-corrected chi connectivity index (χ1v) is 9.32. The maximum atomic E-state index is 12.5. The summed E-state index contributed by atoms with van der Waals surface area (Å²) in [6, 6.07) is 5.93. The number of alkyl halides is 3. The number of piperazine rings is 1. The second-order valence-corrected chi connectivity index (χ2v) is 8.05. The molecule has 0 atom stereocenters. The Hall–Kier alpha value is -1.36. The zero-order chi connectivity index (χ0) is 18.7. The van der Waals surface area contributed by atoms with Crippen LogP contribution in [0.4, 0.5) is 13.2 Å². The van der Waals surface area contributed by atoms with Crippen molar-refractivity contribution in [2.75, 3.05) is 39.3 Å². The van der Waals surface area contributed by atoms with Crippen LogP contribution < -0.4 is 10.2 Å². The number of carbonyl (C=O) groups excluding carboxylic acids is 1. The van der Waals surface area contributed by atoms with Gasteiger partial charge < -0.3 is 10.2 Å². The summed E-state index contributed by atoms with van der Waals surface area (Å²) in [5.74, 6) is -0.710. The average molecular weight is 401 g/mol. The first kappa shape index (κ1) is 20.0. The molecule has 0 bridgehead atoms. The number of nitrogens with one attached hydrogen (secondary N) is 2. The van der Waals surface area contributed by atoms with E-state index >= 15 is 0 Å². The van der Waals surface area contributed by atoms with E-state index in [4.69, 9.17) is 11.6 Å². The molecule has 1 aliphatic rings. The SMILES string of the molecule is O=C(C[NH+]1CCN(S(=O)(=O)c2cccc(Cl)c2)CC1)NCC(F)(F)F. The fraction of sp³-hybridized carbons (Fsp3) is 0.500. The first-order valence-electron chi connectivity index (χ1n) is 7.51. The van der Waals surface area contributed by atoms with Crippen molar-refractivity contribution in [2.45, 2.75) is 11.1 Å². The molecular weight excluding hydrogens is 383 g/mol. The summed E-state index contributed by atoms with van der Waals surface area (Å²) < 4.78 is 62.5. The molecule has 1 heterocycles. The van der Waals surface area contributed by atoms with E-state index in [1.165, 1.54) is 16.4 Å². The Balaban J connectivity index is 1.88. The van der Waals surface area contributed by atoms with E-state index in [1.807, 2.05) is 5.32 Å². The highest BCUT2D eigenvalue weighted by Gasteiger charge is 2.32. The molecule has 0 radical (unpaired) electrons. The van der Waals surface area contributed by atoms with Crippen LogP contribution in [0.25, 0.3) is 0 Å². The minimum Gasteiger partial charge on any atom is -0.342 e. The van der Waals surface area contributed by atoms with Gasteiger partial charge in [-0.1, -0.05) is 17.7 Å². The van der Waals surface area contributed by atoms with Gasteiger partial charge in [-0.25, -0.2) is 8.42 Å². The zero-order valence-corrected chi connectivity index (χ0v) is 14.7. The van der Waals surface area contributed by atoms with Gasteiger partial charge in [-0.2, -0.15) is 17.5 Å². The summed E-state index contributed by atoms with van der Waals surface area (Å²) in [4.78, 5) is 12.3. The molecule has 0 aliphatic carbocycles. The van der Waals surface area contributed by atoms with Gasteiger partial charge in [0.1, 0.15) is 6.54 Å². The number of rotatable bonds is 5. The van der Waals surface area contributed by atoms with Crippen LogP contribution in [0.15, 0.2) is 29.2 Å².